The first kappa shape index (κ1) is 13.0. The number of carbonyl (C=O) groups is 1. The lowest BCUT2D eigenvalue weighted by atomic mass is 10.1. The van der Waals surface area contributed by atoms with Crippen molar-refractivity contribution in [1.82, 2.24) is 20.2 Å². The minimum atomic E-state index is -0.260. The van der Waals surface area contributed by atoms with Crippen molar-refractivity contribution in [3.05, 3.63) is 18.7 Å². The fourth-order valence-electron chi connectivity index (χ4n) is 2.12. The summed E-state index contributed by atoms with van der Waals surface area (Å²) >= 11 is 0. The predicted molar refractivity (Wildman–Crippen MR) is 67.0 cm³/mol. The van der Waals surface area contributed by atoms with Crippen LogP contribution < -0.4 is 10.6 Å². The van der Waals surface area contributed by atoms with E-state index in [0.29, 0.717) is 13.2 Å². The summed E-state index contributed by atoms with van der Waals surface area (Å²) in [5, 5.41) is 6.16. The summed E-state index contributed by atoms with van der Waals surface area (Å²) < 4.78 is 7.40. The number of aromatic nitrogens is 2. The first-order chi connectivity index (χ1) is 8.66. The summed E-state index contributed by atoms with van der Waals surface area (Å²) in [7, 11) is 0. The van der Waals surface area contributed by atoms with E-state index in [2.05, 4.69) is 15.6 Å². The summed E-state index contributed by atoms with van der Waals surface area (Å²) in [6, 6.07) is -0.202. The smallest absolute Gasteiger partial charge is 0.240 e. The van der Waals surface area contributed by atoms with Gasteiger partial charge in [-0.1, -0.05) is 0 Å². The van der Waals surface area contributed by atoms with Crippen LogP contribution in [0.2, 0.25) is 0 Å². The molecule has 0 aliphatic carbocycles. The molecule has 0 spiro atoms. The van der Waals surface area contributed by atoms with Crippen LogP contribution in [0.1, 0.15) is 13.8 Å². The highest BCUT2D eigenvalue weighted by Gasteiger charge is 2.28. The minimum Gasteiger partial charge on any atom is -0.375 e. The van der Waals surface area contributed by atoms with Gasteiger partial charge in [0.2, 0.25) is 5.91 Å². The second kappa shape index (κ2) is 5.97. The summed E-state index contributed by atoms with van der Waals surface area (Å²) in [5.74, 6) is -0.00480. The molecule has 0 aromatic carbocycles. The van der Waals surface area contributed by atoms with Crippen LogP contribution in [0.4, 0.5) is 0 Å². The van der Waals surface area contributed by atoms with E-state index in [9.17, 15) is 4.79 Å². The Kier molecular flexibility index (Phi) is 4.33. The topological polar surface area (TPSA) is 68.2 Å². The van der Waals surface area contributed by atoms with Gasteiger partial charge in [0.05, 0.1) is 19.0 Å². The van der Waals surface area contributed by atoms with E-state index in [1.54, 1.807) is 12.5 Å². The van der Waals surface area contributed by atoms with Crippen LogP contribution in [-0.2, 0) is 16.1 Å². The van der Waals surface area contributed by atoms with Crippen LogP contribution in [0.25, 0.3) is 0 Å². The molecule has 1 aromatic rings. The number of ether oxygens (including phenoxy) is 1. The van der Waals surface area contributed by atoms with Gasteiger partial charge in [-0.05, 0) is 13.8 Å². The Morgan fingerprint density at radius 2 is 2.56 bits per heavy atom. The average molecular weight is 252 g/mol. The zero-order valence-corrected chi connectivity index (χ0v) is 10.8. The van der Waals surface area contributed by atoms with Crippen molar-refractivity contribution in [2.45, 2.75) is 38.6 Å². The monoisotopic (exact) mass is 252 g/mol. The predicted octanol–water partition coefficient (Wildman–Crippen LogP) is -0.235. The molecule has 6 heteroatoms. The Balaban J connectivity index is 1.82. The Morgan fingerprint density at radius 1 is 1.72 bits per heavy atom. The van der Waals surface area contributed by atoms with E-state index in [1.165, 1.54) is 0 Å². The fourth-order valence-corrected chi connectivity index (χ4v) is 2.12. The van der Waals surface area contributed by atoms with E-state index < -0.39 is 0 Å². The van der Waals surface area contributed by atoms with E-state index in [4.69, 9.17) is 4.74 Å². The zero-order chi connectivity index (χ0) is 13.0. The van der Waals surface area contributed by atoms with Crippen LogP contribution in [0.5, 0.6) is 0 Å². The number of morpholine rings is 1. The highest BCUT2D eigenvalue weighted by Crippen LogP contribution is 2.04. The molecule has 1 fully saturated rings. The standard InChI is InChI=1S/C12H20N4O2/c1-9(7-16-5-3-13-8-16)15-12(17)11-10(2)18-6-4-14-11/h3,5,8-11,14H,4,6-7H2,1-2H3,(H,15,17)/t9?,10-,11+/m1/s1. The molecule has 18 heavy (non-hydrogen) atoms. The molecule has 1 aromatic heterocycles. The molecule has 2 N–H and O–H groups in total. The molecule has 0 saturated carbocycles. The van der Waals surface area contributed by atoms with Crippen LogP contribution >= 0.6 is 0 Å². The molecule has 2 heterocycles. The van der Waals surface area contributed by atoms with Crippen molar-refractivity contribution in [2.75, 3.05) is 13.2 Å². The maximum Gasteiger partial charge on any atom is 0.240 e. The van der Waals surface area contributed by atoms with Crippen LogP contribution in [0, 0.1) is 0 Å². The van der Waals surface area contributed by atoms with Crippen molar-refractivity contribution in [2.24, 2.45) is 0 Å². The quantitative estimate of drug-likeness (QED) is 0.776. The number of carbonyl (C=O) groups excluding carboxylic acids is 1. The maximum absolute atomic E-state index is 12.1. The van der Waals surface area contributed by atoms with E-state index >= 15 is 0 Å². The highest BCUT2D eigenvalue weighted by molar-refractivity contribution is 5.82. The molecular weight excluding hydrogens is 232 g/mol. The van der Waals surface area contributed by atoms with Gasteiger partial charge in [-0.3, -0.25) is 4.79 Å². The van der Waals surface area contributed by atoms with Crippen molar-refractivity contribution in [1.29, 1.82) is 0 Å². The number of imidazole rings is 1. The molecule has 1 amide bonds. The van der Waals surface area contributed by atoms with Gasteiger partial charge in [0.1, 0.15) is 6.04 Å². The fraction of sp³-hybridized carbons (Fsp3) is 0.667. The number of nitrogens with one attached hydrogen (secondary N) is 2. The number of amides is 1. The largest absolute Gasteiger partial charge is 0.375 e. The molecular formula is C12H20N4O2. The normalized spacial score (nSPS) is 25.7. The lowest BCUT2D eigenvalue weighted by Gasteiger charge is -2.30. The summed E-state index contributed by atoms with van der Waals surface area (Å²) in [5.41, 5.74) is 0. The van der Waals surface area contributed by atoms with Crippen molar-refractivity contribution in [3.8, 4) is 0 Å². The summed E-state index contributed by atoms with van der Waals surface area (Å²) in [4.78, 5) is 16.0. The van der Waals surface area contributed by atoms with E-state index in [-0.39, 0.29) is 24.1 Å². The molecule has 1 aliphatic rings. The first-order valence-electron chi connectivity index (χ1n) is 6.28. The SMILES string of the molecule is CC(Cn1ccnc1)NC(=O)[C@H]1NCCO[C@@H]1C. The van der Waals surface area contributed by atoms with Crippen molar-refractivity contribution < 1.29 is 9.53 Å². The Bertz CT molecular complexity index is 379. The zero-order valence-electron chi connectivity index (χ0n) is 10.8. The lowest BCUT2D eigenvalue weighted by molar-refractivity contribution is -0.129. The number of nitrogens with zero attached hydrogens (tertiary/aromatic N) is 2. The maximum atomic E-state index is 12.1. The van der Waals surface area contributed by atoms with Gasteiger partial charge >= 0.3 is 0 Å². The van der Waals surface area contributed by atoms with Gasteiger partial charge in [-0.2, -0.15) is 0 Å². The lowest BCUT2D eigenvalue weighted by Crippen LogP contribution is -2.57. The van der Waals surface area contributed by atoms with Gasteiger partial charge in [-0.15, -0.1) is 0 Å². The number of hydrogen-bond donors (Lipinski definition) is 2. The van der Waals surface area contributed by atoms with Gasteiger partial charge in [-0.25, -0.2) is 4.98 Å². The van der Waals surface area contributed by atoms with Crippen LogP contribution in [0.3, 0.4) is 0 Å². The van der Waals surface area contributed by atoms with Gasteiger partial charge < -0.3 is 19.9 Å². The second-order valence-electron chi connectivity index (χ2n) is 4.68. The summed E-state index contributed by atoms with van der Waals surface area (Å²) in [6.45, 7) is 5.99. The molecule has 0 bridgehead atoms. The molecule has 1 unspecified atom stereocenters. The summed E-state index contributed by atoms with van der Waals surface area (Å²) in [6.07, 6.45) is 5.27. The first-order valence-corrected chi connectivity index (χ1v) is 6.28. The van der Waals surface area contributed by atoms with Gasteiger partial charge in [0.25, 0.3) is 0 Å². The van der Waals surface area contributed by atoms with Crippen LogP contribution in [0.15, 0.2) is 18.7 Å². The van der Waals surface area contributed by atoms with Crippen molar-refractivity contribution in [3.63, 3.8) is 0 Å². The highest BCUT2D eigenvalue weighted by atomic mass is 16.5. The Hall–Kier alpha value is -1.40. The average Bonchev–Trinajstić information content (AvgIpc) is 2.82. The van der Waals surface area contributed by atoms with E-state index in [1.807, 2.05) is 24.6 Å². The van der Waals surface area contributed by atoms with Crippen LogP contribution in [-0.4, -0.2) is 46.8 Å². The van der Waals surface area contributed by atoms with Gasteiger partial charge in [0.15, 0.2) is 0 Å². The second-order valence-corrected chi connectivity index (χ2v) is 4.68. The third-order valence-corrected chi connectivity index (χ3v) is 3.03. The van der Waals surface area contributed by atoms with E-state index in [0.717, 1.165) is 6.54 Å². The molecule has 100 valence electrons. The Labute approximate surface area is 107 Å². The molecule has 0 radical (unpaired) electrons. The number of rotatable bonds is 4. The number of hydrogen-bond acceptors (Lipinski definition) is 4. The third kappa shape index (κ3) is 3.30. The Morgan fingerprint density at radius 3 is 3.22 bits per heavy atom. The molecule has 2 rings (SSSR count). The third-order valence-electron chi connectivity index (χ3n) is 3.03. The molecule has 6 nitrogen and oxygen atoms in total. The molecule has 1 aliphatic heterocycles. The van der Waals surface area contributed by atoms with Crippen molar-refractivity contribution >= 4 is 5.91 Å². The molecule has 3 atom stereocenters. The molecule has 1 saturated heterocycles. The van der Waals surface area contributed by atoms with Gasteiger partial charge in [0, 0.05) is 31.5 Å². The minimum absolute atomic E-state index is 0.00480.